The van der Waals surface area contributed by atoms with Crippen LogP contribution < -0.4 is 10.6 Å². The number of anilines is 1. The zero-order valence-corrected chi connectivity index (χ0v) is 14.8. The van der Waals surface area contributed by atoms with Crippen LogP contribution in [-0.4, -0.2) is 28.5 Å². The Morgan fingerprint density at radius 2 is 1.92 bits per heavy atom. The Morgan fingerprint density at radius 1 is 1.16 bits per heavy atom. The van der Waals surface area contributed by atoms with E-state index in [9.17, 15) is 4.79 Å². The number of unbranched alkanes of at least 4 members (excludes halogenated alkanes) is 1. The van der Waals surface area contributed by atoms with E-state index >= 15 is 0 Å². The Balaban J connectivity index is 1.86. The van der Waals surface area contributed by atoms with Crippen molar-refractivity contribution in [3.8, 4) is 11.4 Å². The van der Waals surface area contributed by atoms with Gasteiger partial charge >= 0.3 is 0 Å². The molecule has 5 heteroatoms. The second-order valence-electron chi connectivity index (χ2n) is 6.56. The molecule has 0 aliphatic heterocycles. The molecule has 25 heavy (non-hydrogen) atoms. The molecule has 2 aromatic rings. The van der Waals surface area contributed by atoms with E-state index in [1.165, 1.54) is 12.8 Å². The third-order valence-corrected chi connectivity index (χ3v) is 4.51. The van der Waals surface area contributed by atoms with Crippen molar-refractivity contribution in [3.05, 3.63) is 42.1 Å². The summed E-state index contributed by atoms with van der Waals surface area (Å²) >= 11 is 0. The number of rotatable bonds is 7. The zero-order chi connectivity index (χ0) is 17.5. The van der Waals surface area contributed by atoms with E-state index in [0.29, 0.717) is 24.1 Å². The van der Waals surface area contributed by atoms with Crippen LogP contribution in [0.5, 0.6) is 0 Å². The smallest absolute Gasteiger partial charge is 0.270 e. The number of hydrogen-bond acceptors (Lipinski definition) is 4. The minimum atomic E-state index is -0.137. The predicted octanol–water partition coefficient (Wildman–Crippen LogP) is 4.03. The van der Waals surface area contributed by atoms with E-state index in [2.05, 4.69) is 27.5 Å². The summed E-state index contributed by atoms with van der Waals surface area (Å²) in [5.74, 6) is 1.19. The molecule has 0 spiro atoms. The molecule has 1 aliphatic carbocycles. The van der Waals surface area contributed by atoms with E-state index in [0.717, 1.165) is 37.1 Å². The summed E-state index contributed by atoms with van der Waals surface area (Å²) < 4.78 is 0. The average molecular weight is 338 g/mol. The van der Waals surface area contributed by atoms with Crippen molar-refractivity contribution in [2.75, 3.05) is 11.9 Å². The molecule has 0 atom stereocenters. The van der Waals surface area contributed by atoms with Crippen LogP contribution in [0.4, 0.5) is 5.82 Å². The van der Waals surface area contributed by atoms with Gasteiger partial charge in [-0.25, -0.2) is 9.97 Å². The Bertz CT molecular complexity index is 696. The predicted molar refractivity (Wildman–Crippen MR) is 101 cm³/mol. The molecule has 0 radical (unpaired) electrons. The molecule has 5 nitrogen and oxygen atoms in total. The van der Waals surface area contributed by atoms with Gasteiger partial charge in [-0.2, -0.15) is 0 Å². The minimum Gasteiger partial charge on any atom is -0.367 e. The first-order valence-electron chi connectivity index (χ1n) is 9.25. The number of aromatic nitrogens is 2. The van der Waals surface area contributed by atoms with E-state index in [1.54, 1.807) is 6.07 Å². The molecule has 1 aromatic heterocycles. The molecular weight excluding hydrogens is 312 g/mol. The van der Waals surface area contributed by atoms with Crippen LogP contribution in [-0.2, 0) is 0 Å². The maximum atomic E-state index is 12.5. The van der Waals surface area contributed by atoms with Crippen LogP contribution in [0.1, 0.15) is 55.9 Å². The normalized spacial score (nSPS) is 14.4. The fraction of sp³-hybridized carbons (Fsp3) is 0.450. The standard InChI is InChI=1S/C20H26N4O/c1-2-3-13-21-20(25)17-14-18(22-16-11-7-8-12-16)24-19(23-17)15-9-5-4-6-10-15/h4-6,9-10,14,16H,2-3,7-8,11-13H2,1H3,(H,21,25)(H,22,23,24). The lowest BCUT2D eigenvalue weighted by Gasteiger charge is -2.14. The lowest BCUT2D eigenvalue weighted by atomic mass is 10.2. The van der Waals surface area contributed by atoms with E-state index in [-0.39, 0.29) is 5.91 Å². The highest BCUT2D eigenvalue weighted by Crippen LogP contribution is 2.23. The minimum absolute atomic E-state index is 0.137. The summed E-state index contributed by atoms with van der Waals surface area (Å²) in [7, 11) is 0. The molecule has 0 unspecified atom stereocenters. The molecule has 1 saturated carbocycles. The lowest BCUT2D eigenvalue weighted by Crippen LogP contribution is -2.26. The summed E-state index contributed by atoms with van der Waals surface area (Å²) in [4.78, 5) is 21.6. The number of nitrogens with zero attached hydrogens (tertiary/aromatic N) is 2. The molecule has 1 amide bonds. The van der Waals surface area contributed by atoms with Gasteiger partial charge in [-0.1, -0.05) is 56.5 Å². The van der Waals surface area contributed by atoms with Gasteiger partial charge in [0.15, 0.2) is 5.82 Å². The van der Waals surface area contributed by atoms with Crippen molar-refractivity contribution in [2.45, 2.75) is 51.5 Å². The first-order valence-corrected chi connectivity index (χ1v) is 9.25. The van der Waals surface area contributed by atoms with Crippen molar-refractivity contribution in [1.82, 2.24) is 15.3 Å². The summed E-state index contributed by atoms with van der Waals surface area (Å²) in [6.07, 6.45) is 6.83. The molecule has 1 aromatic carbocycles. The van der Waals surface area contributed by atoms with Gasteiger partial charge in [0.1, 0.15) is 11.5 Å². The Kier molecular flexibility index (Phi) is 5.99. The third kappa shape index (κ3) is 4.78. The molecule has 0 saturated heterocycles. The maximum Gasteiger partial charge on any atom is 0.270 e. The van der Waals surface area contributed by atoms with Gasteiger partial charge < -0.3 is 10.6 Å². The fourth-order valence-corrected chi connectivity index (χ4v) is 3.10. The van der Waals surface area contributed by atoms with Crippen molar-refractivity contribution in [3.63, 3.8) is 0 Å². The number of benzene rings is 1. The summed E-state index contributed by atoms with van der Waals surface area (Å²) in [6.45, 7) is 2.78. The summed E-state index contributed by atoms with van der Waals surface area (Å²) in [5.41, 5.74) is 1.34. The molecule has 1 fully saturated rings. The number of carbonyl (C=O) groups excluding carboxylic acids is 1. The first kappa shape index (κ1) is 17.4. The number of hydrogen-bond donors (Lipinski definition) is 2. The highest BCUT2D eigenvalue weighted by Gasteiger charge is 2.18. The maximum absolute atomic E-state index is 12.5. The van der Waals surface area contributed by atoms with Gasteiger partial charge in [0, 0.05) is 24.2 Å². The van der Waals surface area contributed by atoms with Gasteiger partial charge in [0.05, 0.1) is 0 Å². The van der Waals surface area contributed by atoms with Crippen LogP contribution in [0.15, 0.2) is 36.4 Å². The first-order chi connectivity index (χ1) is 12.3. The SMILES string of the molecule is CCCCNC(=O)c1cc(NC2CCCC2)nc(-c2ccccc2)n1. The number of carbonyl (C=O) groups is 1. The number of nitrogens with one attached hydrogen (secondary N) is 2. The largest absolute Gasteiger partial charge is 0.367 e. The van der Waals surface area contributed by atoms with Crippen molar-refractivity contribution < 1.29 is 4.79 Å². The quantitative estimate of drug-likeness (QED) is 0.748. The van der Waals surface area contributed by atoms with Crippen LogP contribution in [0.3, 0.4) is 0 Å². The molecule has 3 rings (SSSR count). The van der Waals surface area contributed by atoms with Crippen LogP contribution in [0.25, 0.3) is 11.4 Å². The van der Waals surface area contributed by atoms with Crippen molar-refractivity contribution in [1.29, 1.82) is 0 Å². The van der Waals surface area contributed by atoms with Gasteiger partial charge in [-0.3, -0.25) is 4.79 Å². The molecule has 0 bridgehead atoms. The second kappa shape index (κ2) is 8.60. The zero-order valence-electron chi connectivity index (χ0n) is 14.8. The van der Waals surface area contributed by atoms with Crippen LogP contribution >= 0.6 is 0 Å². The number of amides is 1. The fourth-order valence-electron chi connectivity index (χ4n) is 3.10. The van der Waals surface area contributed by atoms with Gasteiger partial charge in [0.2, 0.25) is 0 Å². The second-order valence-corrected chi connectivity index (χ2v) is 6.56. The monoisotopic (exact) mass is 338 g/mol. The highest BCUT2D eigenvalue weighted by atomic mass is 16.1. The van der Waals surface area contributed by atoms with E-state index in [4.69, 9.17) is 0 Å². The topological polar surface area (TPSA) is 66.9 Å². The summed E-state index contributed by atoms with van der Waals surface area (Å²) in [6, 6.07) is 12.0. The van der Waals surface area contributed by atoms with Crippen molar-refractivity contribution >= 4 is 11.7 Å². The lowest BCUT2D eigenvalue weighted by molar-refractivity contribution is 0.0948. The highest BCUT2D eigenvalue weighted by molar-refractivity contribution is 5.93. The van der Waals surface area contributed by atoms with Gasteiger partial charge in [0.25, 0.3) is 5.91 Å². The van der Waals surface area contributed by atoms with Gasteiger partial charge in [-0.15, -0.1) is 0 Å². The van der Waals surface area contributed by atoms with E-state index in [1.807, 2.05) is 30.3 Å². The van der Waals surface area contributed by atoms with Crippen LogP contribution in [0.2, 0.25) is 0 Å². The Labute approximate surface area is 149 Å². The molecule has 1 aliphatic rings. The summed E-state index contributed by atoms with van der Waals surface area (Å²) in [5, 5.41) is 6.42. The van der Waals surface area contributed by atoms with Gasteiger partial charge in [-0.05, 0) is 19.3 Å². The Morgan fingerprint density at radius 3 is 2.64 bits per heavy atom. The Hall–Kier alpha value is -2.43. The van der Waals surface area contributed by atoms with E-state index < -0.39 is 0 Å². The molecule has 1 heterocycles. The third-order valence-electron chi connectivity index (χ3n) is 4.51. The van der Waals surface area contributed by atoms with Crippen LogP contribution in [0, 0.1) is 0 Å². The molecular formula is C20H26N4O. The van der Waals surface area contributed by atoms with Crippen molar-refractivity contribution in [2.24, 2.45) is 0 Å². The molecule has 2 N–H and O–H groups in total. The molecule has 132 valence electrons. The average Bonchev–Trinajstić information content (AvgIpc) is 3.15.